The first-order valence-corrected chi connectivity index (χ1v) is 14.2. The van der Waals surface area contributed by atoms with Crippen molar-refractivity contribution in [1.82, 2.24) is 29.4 Å². The number of benzene rings is 2. The number of nitrogens with zero attached hydrogens (tertiary/aromatic N) is 6. The lowest BCUT2D eigenvalue weighted by molar-refractivity contribution is -0.116. The van der Waals surface area contributed by atoms with Gasteiger partial charge in [-0.3, -0.25) is 9.59 Å². The van der Waals surface area contributed by atoms with Crippen LogP contribution in [0.5, 0.6) is 5.75 Å². The van der Waals surface area contributed by atoms with E-state index in [0.29, 0.717) is 5.69 Å². The smallest absolute Gasteiger partial charge is 0.258 e. The number of rotatable bonds is 9. The summed E-state index contributed by atoms with van der Waals surface area (Å²) in [5.41, 5.74) is 1.49. The minimum Gasteiger partial charge on any atom is -0.488 e. The molecule has 3 atom stereocenters. The molecule has 0 saturated heterocycles. The fourth-order valence-corrected chi connectivity index (χ4v) is 5.54. The van der Waals surface area contributed by atoms with E-state index in [4.69, 9.17) is 4.74 Å². The first kappa shape index (κ1) is 29.1. The fraction of sp³-hybridized carbons (Fsp3) is 0.423. The van der Waals surface area contributed by atoms with E-state index >= 15 is 0 Å². The molecule has 0 bridgehead atoms. The lowest BCUT2D eigenvalue weighted by atomic mass is 9.99. The van der Waals surface area contributed by atoms with Gasteiger partial charge in [0, 0.05) is 25.2 Å². The number of carbonyl (C=O) groups is 2. The van der Waals surface area contributed by atoms with Gasteiger partial charge in [0.15, 0.2) is 0 Å². The minimum atomic E-state index is -3.79. The van der Waals surface area contributed by atoms with Crippen LogP contribution in [0.1, 0.15) is 29.8 Å². The lowest BCUT2D eigenvalue weighted by Gasteiger charge is -2.38. The molecule has 40 heavy (non-hydrogen) atoms. The van der Waals surface area contributed by atoms with Gasteiger partial charge in [-0.25, -0.2) is 13.1 Å². The molecule has 0 unspecified atom stereocenters. The summed E-state index contributed by atoms with van der Waals surface area (Å²) in [5, 5.41) is 23.2. The molecule has 0 saturated carbocycles. The van der Waals surface area contributed by atoms with Crippen LogP contribution >= 0.6 is 0 Å². The average Bonchev–Trinajstić information content (AvgIpc) is 3.43. The van der Waals surface area contributed by atoms with Crippen LogP contribution in [-0.2, 0) is 21.4 Å². The van der Waals surface area contributed by atoms with Crippen LogP contribution in [0.15, 0.2) is 53.7 Å². The number of aryl methyl sites for hydroxylation is 1. The summed E-state index contributed by atoms with van der Waals surface area (Å²) in [6, 6.07) is 10.8. The Balaban J connectivity index is 1.62. The monoisotopic (exact) mass is 571 g/mol. The second-order valence-corrected chi connectivity index (χ2v) is 12.0. The van der Waals surface area contributed by atoms with E-state index in [9.17, 15) is 23.1 Å². The minimum absolute atomic E-state index is 0.0246. The van der Waals surface area contributed by atoms with Crippen molar-refractivity contribution in [3.05, 3.63) is 59.9 Å². The number of amides is 2. The van der Waals surface area contributed by atoms with Crippen LogP contribution in [0.2, 0.25) is 0 Å². The highest BCUT2D eigenvalue weighted by Crippen LogP contribution is 2.31. The molecule has 0 radical (unpaired) electrons. The molecule has 4 rings (SSSR count). The van der Waals surface area contributed by atoms with Crippen molar-refractivity contribution < 1.29 is 27.9 Å². The fourth-order valence-electron chi connectivity index (χ4n) is 4.36. The maximum atomic E-state index is 13.6. The van der Waals surface area contributed by atoms with E-state index in [1.807, 2.05) is 13.8 Å². The zero-order chi connectivity index (χ0) is 29.0. The van der Waals surface area contributed by atoms with Crippen molar-refractivity contribution in [2.75, 3.05) is 32.1 Å². The molecule has 3 aromatic rings. The number of sulfonamides is 1. The highest BCUT2D eigenvalue weighted by atomic mass is 32.2. The van der Waals surface area contributed by atoms with E-state index in [0.717, 1.165) is 5.56 Å². The van der Waals surface area contributed by atoms with Crippen LogP contribution in [0.4, 0.5) is 5.69 Å². The van der Waals surface area contributed by atoms with Crippen LogP contribution in [0, 0.1) is 12.8 Å². The highest BCUT2D eigenvalue weighted by Gasteiger charge is 2.35. The second kappa shape index (κ2) is 12.1. The Hall–Kier alpha value is -3.88. The van der Waals surface area contributed by atoms with E-state index in [1.165, 1.54) is 28.4 Å². The number of likely N-dealkylation sites (N-methyl/N-ethyl adjacent to an activating group) is 1. The molecule has 2 N–H and O–H groups in total. The van der Waals surface area contributed by atoms with Crippen molar-refractivity contribution in [3.8, 4) is 5.75 Å². The van der Waals surface area contributed by atoms with Crippen molar-refractivity contribution in [3.63, 3.8) is 0 Å². The Morgan fingerprint density at radius 3 is 2.62 bits per heavy atom. The van der Waals surface area contributed by atoms with E-state index in [-0.39, 0.29) is 54.3 Å². The molecule has 0 aliphatic carbocycles. The quantitative estimate of drug-likeness (QED) is 0.384. The zero-order valence-corrected chi connectivity index (χ0v) is 23.6. The largest absolute Gasteiger partial charge is 0.488 e. The number of hydrogen-bond acceptors (Lipinski definition) is 9. The summed E-state index contributed by atoms with van der Waals surface area (Å²) < 4.78 is 35.3. The summed E-state index contributed by atoms with van der Waals surface area (Å²) in [7, 11) is -2.30. The molecule has 13 nitrogen and oxygen atoms in total. The zero-order valence-electron chi connectivity index (χ0n) is 22.8. The van der Waals surface area contributed by atoms with Gasteiger partial charge < -0.3 is 20.1 Å². The maximum absolute atomic E-state index is 13.6. The van der Waals surface area contributed by atoms with Crippen molar-refractivity contribution in [2.24, 2.45) is 5.92 Å². The molecule has 14 heteroatoms. The van der Waals surface area contributed by atoms with Crippen LogP contribution in [0.25, 0.3) is 0 Å². The van der Waals surface area contributed by atoms with Crippen molar-refractivity contribution in [2.45, 2.75) is 44.4 Å². The van der Waals surface area contributed by atoms with E-state index in [2.05, 4.69) is 20.8 Å². The van der Waals surface area contributed by atoms with Crippen LogP contribution in [-0.4, -0.2) is 93.6 Å². The van der Waals surface area contributed by atoms with Gasteiger partial charge in [0.1, 0.15) is 24.7 Å². The summed E-state index contributed by atoms with van der Waals surface area (Å²) in [6.07, 6.45) is 0.689. The Morgan fingerprint density at radius 2 is 1.98 bits per heavy atom. The summed E-state index contributed by atoms with van der Waals surface area (Å²) in [6.45, 7) is 5.35. The Labute approximate surface area is 232 Å². The number of fused-ring (bicyclic) bond motifs is 1. The number of carbonyl (C=O) groups excluding carboxylic acids is 2. The van der Waals surface area contributed by atoms with E-state index < -0.39 is 28.1 Å². The molecule has 0 spiro atoms. The van der Waals surface area contributed by atoms with E-state index in [1.54, 1.807) is 48.2 Å². The van der Waals surface area contributed by atoms with Crippen LogP contribution in [0.3, 0.4) is 0 Å². The lowest BCUT2D eigenvalue weighted by Crippen LogP contribution is -2.50. The predicted molar refractivity (Wildman–Crippen MR) is 145 cm³/mol. The number of ether oxygens (including phenoxy) is 1. The third-order valence-electron chi connectivity index (χ3n) is 6.81. The molecule has 1 aliphatic rings. The Bertz CT molecular complexity index is 1450. The molecule has 214 valence electrons. The molecule has 2 aromatic carbocycles. The van der Waals surface area contributed by atoms with Gasteiger partial charge in [0.25, 0.3) is 5.91 Å². The highest BCUT2D eigenvalue weighted by molar-refractivity contribution is 7.89. The predicted octanol–water partition coefficient (Wildman–Crippen LogP) is 1.16. The summed E-state index contributed by atoms with van der Waals surface area (Å²) in [5.74, 6) is -0.811. The molecule has 2 amide bonds. The maximum Gasteiger partial charge on any atom is 0.258 e. The summed E-state index contributed by atoms with van der Waals surface area (Å²) in [4.78, 5) is 27.8. The molecule has 0 fully saturated rings. The number of anilines is 1. The average molecular weight is 572 g/mol. The normalized spacial score (nSPS) is 18.4. The second-order valence-electron chi connectivity index (χ2n) is 9.99. The van der Waals surface area contributed by atoms with Crippen molar-refractivity contribution in [1.29, 1.82) is 0 Å². The first-order valence-electron chi connectivity index (χ1n) is 12.8. The number of tetrazole rings is 1. The number of aliphatic hydroxyl groups excluding tert-OH is 1. The van der Waals surface area contributed by atoms with Gasteiger partial charge >= 0.3 is 0 Å². The molecule has 2 heterocycles. The van der Waals surface area contributed by atoms with Gasteiger partial charge in [0.2, 0.25) is 15.9 Å². The molecule has 1 aromatic heterocycles. The number of aliphatic hydroxyl groups is 1. The van der Waals surface area contributed by atoms with Gasteiger partial charge in [0.05, 0.1) is 29.7 Å². The number of nitrogens with one attached hydrogen (secondary N) is 1. The van der Waals surface area contributed by atoms with Gasteiger partial charge in [-0.05, 0) is 54.6 Å². The Kier molecular flexibility index (Phi) is 8.81. The molecular weight excluding hydrogens is 538 g/mol. The number of hydrogen-bond donors (Lipinski definition) is 2. The number of aromatic nitrogens is 4. The standard InChI is InChI=1S/C26H33N7O6S/c1-17-5-8-21(9-6-17)40(37,38)31(4)13-24-18(2)12-33(19(3)15-34)26(36)22-11-20(7-10-23(22)39-24)28-25(35)14-32-16-27-29-30-32/h5-11,16,18-19,24,34H,12-15H2,1-4H3,(H,28,35)/t18-,19+,24-/m0/s1. The third-order valence-corrected chi connectivity index (χ3v) is 8.65. The molecular formula is C26H33N7O6S. The topological polar surface area (TPSA) is 160 Å². The van der Waals surface area contributed by atoms with Gasteiger partial charge in [-0.15, -0.1) is 5.10 Å². The Morgan fingerprint density at radius 1 is 1.25 bits per heavy atom. The van der Waals surface area contributed by atoms with Crippen LogP contribution < -0.4 is 10.1 Å². The summed E-state index contributed by atoms with van der Waals surface area (Å²) >= 11 is 0. The third kappa shape index (κ3) is 6.46. The SMILES string of the molecule is Cc1ccc(S(=O)(=O)N(C)C[C@@H]2Oc3ccc(NC(=O)Cn4cnnn4)cc3C(=O)N([C@H](C)CO)C[C@@H]2C)cc1. The molecule has 1 aliphatic heterocycles. The van der Waals surface area contributed by atoms with Gasteiger partial charge in [-0.1, -0.05) is 24.6 Å². The van der Waals surface area contributed by atoms with Gasteiger partial charge in [-0.2, -0.15) is 4.31 Å². The first-order chi connectivity index (χ1) is 19.0. The van der Waals surface area contributed by atoms with Crippen molar-refractivity contribution >= 4 is 27.5 Å².